The Balaban J connectivity index is 0.894. The molecule has 12 rings (SSSR count). The van der Waals surface area contributed by atoms with E-state index in [4.69, 9.17) is 0 Å². The summed E-state index contributed by atoms with van der Waals surface area (Å²) >= 11 is 0. The predicted octanol–water partition coefficient (Wildman–Crippen LogP) is 17.9. The van der Waals surface area contributed by atoms with Gasteiger partial charge in [-0.3, -0.25) is 0 Å². The van der Waals surface area contributed by atoms with Crippen LogP contribution in [0.2, 0.25) is 0 Å². The first-order chi connectivity index (χ1) is 33.5. The Kier molecular flexibility index (Phi) is 10.2. The summed E-state index contributed by atoms with van der Waals surface area (Å²) in [5.41, 5.74) is 20.2. The quantitative estimate of drug-likeness (QED) is 0.127. The van der Waals surface area contributed by atoms with Gasteiger partial charge in [-0.15, -0.1) is 0 Å². The predicted molar refractivity (Wildman–Crippen MR) is 289 cm³/mol. The molecule has 0 aliphatic heterocycles. The van der Waals surface area contributed by atoms with Crippen molar-refractivity contribution in [1.82, 2.24) is 4.57 Å². The van der Waals surface area contributed by atoms with Crippen LogP contribution in [0, 0.1) is 0 Å². The molecule has 68 heavy (non-hydrogen) atoms. The van der Waals surface area contributed by atoms with Crippen molar-refractivity contribution < 1.29 is 0 Å². The number of rotatable bonds is 10. The molecule has 0 spiro atoms. The molecule has 0 unspecified atom stereocenters. The first kappa shape index (κ1) is 40.8. The van der Waals surface area contributed by atoms with Gasteiger partial charge in [-0.25, -0.2) is 0 Å². The van der Waals surface area contributed by atoms with Gasteiger partial charge in [-0.2, -0.15) is 0 Å². The second-order valence-corrected chi connectivity index (χ2v) is 18.2. The highest BCUT2D eigenvalue weighted by Gasteiger charge is 2.39. The highest BCUT2D eigenvalue weighted by atomic mass is 15.1. The third-order valence-corrected chi connectivity index (χ3v) is 13.7. The maximum Gasteiger partial charge on any atom is 0.0588 e. The normalized spacial score (nSPS) is 12.6. The van der Waals surface area contributed by atoms with Crippen LogP contribution in [0.4, 0.5) is 34.1 Å². The zero-order valence-electron chi connectivity index (χ0n) is 38.2. The first-order valence-electron chi connectivity index (χ1n) is 23.5. The number of fused-ring (bicyclic) bond motifs is 7. The van der Waals surface area contributed by atoms with Crippen LogP contribution in [-0.4, -0.2) is 4.57 Å². The molecule has 0 radical (unpaired) electrons. The topological polar surface area (TPSA) is 11.4 Å². The SMILES string of the molecule is CC1(C)c2cc(/C=C/c3ccc(N(c4ccccc4)c4ccccc4)cc3)ccc2-c2ccc3c4cc(-c5ccc(N(c6ccccc6)c6ccccc6)cc5)ccc4n(-c4ccccc4)c3c21. The van der Waals surface area contributed by atoms with Crippen LogP contribution < -0.4 is 9.80 Å². The van der Waals surface area contributed by atoms with E-state index in [9.17, 15) is 0 Å². The summed E-state index contributed by atoms with van der Waals surface area (Å²) in [6, 6.07) is 89.8. The van der Waals surface area contributed by atoms with Gasteiger partial charge < -0.3 is 14.4 Å². The summed E-state index contributed by atoms with van der Waals surface area (Å²) < 4.78 is 2.50. The van der Waals surface area contributed by atoms with E-state index < -0.39 is 0 Å². The van der Waals surface area contributed by atoms with Crippen LogP contribution in [0.3, 0.4) is 0 Å². The molecule has 0 atom stereocenters. The molecule has 0 saturated heterocycles. The highest BCUT2D eigenvalue weighted by Crippen LogP contribution is 2.53. The van der Waals surface area contributed by atoms with E-state index in [0.29, 0.717) is 0 Å². The van der Waals surface area contributed by atoms with E-state index in [1.54, 1.807) is 0 Å². The van der Waals surface area contributed by atoms with Crippen LogP contribution in [0.15, 0.2) is 249 Å². The van der Waals surface area contributed by atoms with Crippen LogP contribution in [-0.2, 0) is 5.41 Å². The molecule has 3 nitrogen and oxygen atoms in total. The molecular weight excluding hydrogens is 823 g/mol. The van der Waals surface area contributed by atoms with Crippen molar-refractivity contribution in [3.8, 4) is 27.9 Å². The minimum Gasteiger partial charge on any atom is -0.311 e. The lowest BCUT2D eigenvalue weighted by Crippen LogP contribution is -2.16. The first-order valence-corrected chi connectivity index (χ1v) is 23.5. The molecule has 0 saturated carbocycles. The zero-order valence-corrected chi connectivity index (χ0v) is 38.2. The van der Waals surface area contributed by atoms with Gasteiger partial charge in [0, 0.05) is 56.0 Å². The van der Waals surface area contributed by atoms with E-state index in [1.807, 2.05) is 0 Å². The van der Waals surface area contributed by atoms with E-state index in [0.717, 1.165) is 45.4 Å². The van der Waals surface area contributed by atoms with Gasteiger partial charge >= 0.3 is 0 Å². The van der Waals surface area contributed by atoms with E-state index in [2.05, 4.69) is 289 Å². The summed E-state index contributed by atoms with van der Waals surface area (Å²) in [6.07, 6.45) is 4.49. The van der Waals surface area contributed by atoms with Crippen molar-refractivity contribution in [1.29, 1.82) is 0 Å². The Morgan fingerprint density at radius 2 is 0.809 bits per heavy atom. The lowest BCUT2D eigenvalue weighted by Gasteiger charge is -2.25. The second-order valence-electron chi connectivity index (χ2n) is 18.2. The monoisotopic (exact) mass is 871 g/mol. The maximum atomic E-state index is 2.50. The summed E-state index contributed by atoms with van der Waals surface area (Å²) in [6.45, 7) is 4.81. The summed E-state index contributed by atoms with van der Waals surface area (Å²) in [4.78, 5) is 4.61. The molecule has 0 N–H and O–H groups in total. The van der Waals surface area contributed by atoms with E-state index >= 15 is 0 Å². The van der Waals surface area contributed by atoms with Crippen molar-refractivity contribution >= 4 is 68.1 Å². The molecule has 324 valence electrons. The Morgan fingerprint density at radius 3 is 1.35 bits per heavy atom. The molecule has 1 aliphatic rings. The standard InChI is InChI=1S/C65H49N3/c1-65(2)61-44-47(29-28-46-30-36-55(37-31-46)66(50-18-8-3-9-19-50)51-20-10-4-11-21-51)32-40-57(61)58-41-42-59-60-45-49(35-43-62(60)68(64(59)63(58)65)54-26-16-7-17-27-54)48-33-38-56(39-34-48)67(52-22-12-5-13-23-52)53-24-14-6-15-25-53/h3-45H,1-2H3/b29-28+. The number of hydrogen-bond acceptors (Lipinski definition) is 2. The molecule has 1 heterocycles. The third-order valence-electron chi connectivity index (χ3n) is 13.7. The largest absolute Gasteiger partial charge is 0.311 e. The number of para-hydroxylation sites is 5. The fourth-order valence-corrected chi connectivity index (χ4v) is 10.5. The van der Waals surface area contributed by atoms with Gasteiger partial charge in [-0.1, -0.05) is 178 Å². The Labute approximate surface area is 398 Å². The van der Waals surface area contributed by atoms with Gasteiger partial charge in [0.15, 0.2) is 0 Å². The average molecular weight is 872 g/mol. The van der Waals surface area contributed by atoms with Crippen LogP contribution in [0.1, 0.15) is 36.1 Å². The van der Waals surface area contributed by atoms with Crippen molar-refractivity contribution in [3.63, 3.8) is 0 Å². The minimum atomic E-state index is -0.253. The smallest absolute Gasteiger partial charge is 0.0588 e. The molecule has 1 aromatic heterocycles. The summed E-state index contributed by atoms with van der Waals surface area (Å²) in [7, 11) is 0. The van der Waals surface area contributed by atoms with Gasteiger partial charge in [0.05, 0.1) is 11.0 Å². The van der Waals surface area contributed by atoms with E-state index in [1.165, 1.54) is 60.8 Å². The summed E-state index contributed by atoms with van der Waals surface area (Å²) in [5.74, 6) is 0. The third kappa shape index (κ3) is 7.17. The fraction of sp³-hybridized carbons (Fsp3) is 0.0462. The lowest BCUT2D eigenvalue weighted by molar-refractivity contribution is 0.663. The van der Waals surface area contributed by atoms with E-state index in [-0.39, 0.29) is 5.41 Å². The van der Waals surface area contributed by atoms with Crippen LogP contribution >= 0.6 is 0 Å². The Hall–Kier alpha value is -8.66. The number of nitrogens with zero attached hydrogens (tertiary/aromatic N) is 3. The molecule has 10 aromatic carbocycles. The van der Waals surface area contributed by atoms with Crippen molar-refractivity contribution in [2.45, 2.75) is 19.3 Å². The van der Waals surface area contributed by atoms with Gasteiger partial charge in [-0.05, 0) is 142 Å². The Bertz CT molecular complexity index is 3520. The molecule has 1 aliphatic carbocycles. The van der Waals surface area contributed by atoms with Crippen LogP contribution in [0.5, 0.6) is 0 Å². The van der Waals surface area contributed by atoms with Gasteiger partial charge in [0.25, 0.3) is 0 Å². The van der Waals surface area contributed by atoms with Gasteiger partial charge in [0.1, 0.15) is 0 Å². The average Bonchev–Trinajstić information content (AvgIpc) is 3.85. The van der Waals surface area contributed by atoms with Crippen molar-refractivity contribution in [3.05, 3.63) is 271 Å². The van der Waals surface area contributed by atoms with Crippen LogP contribution in [0.25, 0.3) is 61.9 Å². The Morgan fingerprint density at radius 1 is 0.368 bits per heavy atom. The molecule has 0 amide bonds. The molecule has 11 aromatic rings. The second kappa shape index (κ2) is 17.0. The van der Waals surface area contributed by atoms with Gasteiger partial charge in [0.2, 0.25) is 0 Å². The number of aromatic nitrogens is 1. The molecule has 0 fully saturated rings. The number of anilines is 6. The molecule has 0 bridgehead atoms. The fourth-order valence-electron chi connectivity index (χ4n) is 10.5. The molecular formula is C65H49N3. The maximum absolute atomic E-state index is 2.50. The number of benzene rings is 10. The lowest BCUT2D eigenvalue weighted by atomic mass is 9.81. The molecule has 3 heteroatoms. The number of hydrogen-bond donors (Lipinski definition) is 0. The van der Waals surface area contributed by atoms with Crippen molar-refractivity contribution in [2.75, 3.05) is 9.80 Å². The highest BCUT2D eigenvalue weighted by molar-refractivity contribution is 6.14. The minimum absolute atomic E-state index is 0.253. The van der Waals surface area contributed by atoms with Crippen molar-refractivity contribution in [2.24, 2.45) is 0 Å². The zero-order chi connectivity index (χ0) is 45.6. The summed E-state index contributed by atoms with van der Waals surface area (Å²) in [5, 5.41) is 2.52.